The minimum absolute atomic E-state index is 0.541. The first-order valence-corrected chi connectivity index (χ1v) is 16.4. The average Bonchev–Trinajstić information content (AvgIpc) is 3.10. The standard InChI is InChI=1S/C15H17N.C15H16.C14H15N/c1-11(2)14-8-9-15(16-10-14)13-6-4-12(3)5-7-13;1-12(2)13-8-10-15(11-9-13)14-6-4-3-5-7-14;1-11(2)13-8-9-14(15-10-13)12-6-4-3-5-7-12/h4-11H,1-3H3;3-12H,1-2H3;3-11H,1-2H3. The molecule has 0 bridgehead atoms. The van der Waals surface area contributed by atoms with Gasteiger partial charge in [0.05, 0.1) is 11.4 Å². The molecule has 234 valence electrons. The number of pyridine rings is 2. The van der Waals surface area contributed by atoms with Crippen LogP contribution in [0, 0.1) is 6.92 Å². The van der Waals surface area contributed by atoms with E-state index in [-0.39, 0.29) is 0 Å². The number of aryl methyl sites for hydroxylation is 1. The van der Waals surface area contributed by atoms with Crippen molar-refractivity contribution in [1.82, 2.24) is 9.97 Å². The lowest BCUT2D eigenvalue weighted by Gasteiger charge is -2.06. The number of aromatic nitrogens is 2. The predicted molar refractivity (Wildman–Crippen MR) is 198 cm³/mol. The van der Waals surface area contributed by atoms with E-state index >= 15 is 0 Å². The lowest BCUT2D eigenvalue weighted by atomic mass is 9.99. The van der Waals surface area contributed by atoms with E-state index in [4.69, 9.17) is 0 Å². The molecule has 0 saturated carbocycles. The third-order valence-electron chi connectivity index (χ3n) is 8.01. The largest absolute Gasteiger partial charge is 0.256 e. The molecule has 6 rings (SSSR count). The van der Waals surface area contributed by atoms with Crippen LogP contribution in [0.25, 0.3) is 33.6 Å². The van der Waals surface area contributed by atoms with Crippen LogP contribution in [0.15, 0.2) is 146 Å². The Morgan fingerprint density at radius 2 is 0.696 bits per heavy atom. The molecule has 0 amide bonds. The summed E-state index contributed by atoms with van der Waals surface area (Å²) in [7, 11) is 0. The summed E-state index contributed by atoms with van der Waals surface area (Å²) in [5.41, 5.74) is 12.3. The van der Waals surface area contributed by atoms with Crippen LogP contribution in [0.1, 0.15) is 81.5 Å². The average molecular weight is 605 g/mol. The molecule has 0 radical (unpaired) electrons. The second-order valence-corrected chi connectivity index (χ2v) is 12.6. The van der Waals surface area contributed by atoms with Gasteiger partial charge in [0, 0.05) is 23.5 Å². The number of hydrogen-bond acceptors (Lipinski definition) is 2. The van der Waals surface area contributed by atoms with Crippen LogP contribution in [0.3, 0.4) is 0 Å². The highest BCUT2D eigenvalue weighted by atomic mass is 14.7. The molecule has 0 atom stereocenters. The van der Waals surface area contributed by atoms with Crippen molar-refractivity contribution in [2.24, 2.45) is 0 Å². The molecule has 4 aromatic carbocycles. The van der Waals surface area contributed by atoms with Gasteiger partial charge in [0.25, 0.3) is 0 Å². The second kappa shape index (κ2) is 17.0. The lowest BCUT2D eigenvalue weighted by Crippen LogP contribution is -1.90. The Kier molecular flexibility index (Phi) is 12.6. The van der Waals surface area contributed by atoms with Gasteiger partial charge in [-0.1, -0.05) is 168 Å². The summed E-state index contributed by atoms with van der Waals surface area (Å²) in [5.74, 6) is 1.69. The van der Waals surface area contributed by atoms with E-state index in [1.807, 2.05) is 36.7 Å². The van der Waals surface area contributed by atoms with Gasteiger partial charge in [-0.2, -0.15) is 0 Å². The van der Waals surface area contributed by atoms with Crippen molar-refractivity contribution in [3.63, 3.8) is 0 Å². The van der Waals surface area contributed by atoms with Crippen molar-refractivity contribution in [2.75, 3.05) is 0 Å². The molecular weight excluding hydrogens is 556 g/mol. The number of rotatable bonds is 6. The molecule has 2 heteroatoms. The van der Waals surface area contributed by atoms with Gasteiger partial charge in [-0.25, -0.2) is 0 Å². The van der Waals surface area contributed by atoms with E-state index in [1.165, 1.54) is 44.5 Å². The molecule has 0 unspecified atom stereocenters. The van der Waals surface area contributed by atoms with Crippen molar-refractivity contribution in [3.8, 4) is 33.6 Å². The summed E-state index contributed by atoms with van der Waals surface area (Å²) >= 11 is 0. The third kappa shape index (κ3) is 10.1. The Balaban J connectivity index is 0.000000157. The minimum Gasteiger partial charge on any atom is -0.256 e. The monoisotopic (exact) mass is 604 g/mol. The van der Waals surface area contributed by atoms with Crippen LogP contribution >= 0.6 is 0 Å². The Morgan fingerprint density at radius 3 is 1.09 bits per heavy atom. The number of hydrogen-bond donors (Lipinski definition) is 0. The van der Waals surface area contributed by atoms with E-state index in [0.717, 1.165) is 11.4 Å². The van der Waals surface area contributed by atoms with Crippen LogP contribution in [0.4, 0.5) is 0 Å². The molecule has 0 aliphatic carbocycles. The van der Waals surface area contributed by atoms with Gasteiger partial charge in [0.15, 0.2) is 0 Å². The van der Waals surface area contributed by atoms with Gasteiger partial charge < -0.3 is 0 Å². The Labute approximate surface area is 277 Å². The van der Waals surface area contributed by atoms with Crippen LogP contribution in [0.5, 0.6) is 0 Å². The van der Waals surface area contributed by atoms with E-state index in [2.05, 4.69) is 168 Å². The topological polar surface area (TPSA) is 25.8 Å². The van der Waals surface area contributed by atoms with Gasteiger partial charge in [-0.15, -0.1) is 0 Å². The van der Waals surface area contributed by atoms with Crippen LogP contribution < -0.4 is 0 Å². The van der Waals surface area contributed by atoms with Gasteiger partial charge in [-0.05, 0) is 64.6 Å². The first kappa shape index (κ1) is 34.1. The highest BCUT2D eigenvalue weighted by molar-refractivity contribution is 5.63. The van der Waals surface area contributed by atoms with Crippen LogP contribution in [-0.2, 0) is 0 Å². The Morgan fingerprint density at radius 1 is 0.348 bits per heavy atom. The maximum absolute atomic E-state index is 4.50. The molecule has 0 fully saturated rings. The maximum atomic E-state index is 4.50. The van der Waals surface area contributed by atoms with Crippen molar-refractivity contribution >= 4 is 0 Å². The molecule has 2 nitrogen and oxygen atoms in total. The van der Waals surface area contributed by atoms with Gasteiger partial charge in [0.1, 0.15) is 0 Å². The van der Waals surface area contributed by atoms with Gasteiger partial charge in [0.2, 0.25) is 0 Å². The van der Waals surface area contributed by atoms with Gasteiger partial charge in [-0.3, -0.25) is 9.97 Å². The highest BCUT2D eigenvalue weighted by Crippen LogP contribution is 2.23. The summed E-state index contributed by atoms with van der Waals surface area (Å²) in [6, 6.07) is 46.5. The summed E-state index contributed by atoms with van der Waals surface area (Å²) < 4.78 is 0. The molecule has 0 aliphatic heterocycles. The molecule has 46 heavy (non-hydrogen) atoms. The molecule has 6 aromatic rings. The second-order valence-electron chi connectivity index (χ2n) is 12.6. The Hall–Kier alpha value is -4.82. The fraction of sp³-hybridized carbons (Fsp3) is 0.227. The van der Waals surface area contributed by atoms with E-state index in [0.29, 0.717) is 17.8 Å². The first-order chi connectivity index (χ1) is 22.2. The zero-order valence-corrected chi connectivity index (χ0v) is 28.5. The van der Waals surface area contributed by atoms with Crippen molar-refractivity contribution in [2.45, 2.75) is 66.2 Å². The number of benzene rings is 4. The predicted octanol–water partition coefficient (Wildman–Crippen LogP) is 12.5. The molecule has 2 aromatic heterocycles. The lowest BCUT2D eigenvalue weighted by molar-refractivity contribution is 0.858. The van der Waals surface area contributed by atoms with Crippen LogP contribution in [0.2, 0.25) is 0 Å². The van der Waals surface area contributed by atoms with E-state index in [9.17, 15) is 0 Å². The van der Waals surface area contributed by atoms with Crippen LogP contribution in [-0.4, -0.2) is 9.97 Å². The smallest absolute Gasteiger partial charge is 0.0702 e. The molecule has 0 saturated heterocycles. The Bertz CT molecular complexity index is 1610. The van der Waals surface area contributed by atoms with E-state index in [1.54, 1.807) is 0 Å². The normalized spacial score (nSPS) is 10.7. The maximum Gasteiger partial charge on any atom is 0.0702 e. The van der Waals surface area contributed by atoms with E-state index < -0.39 is 0 Å². The summed E-state index contributed by atoms with van der Waals surface area (Å²) in [4.78, 5) is 8.97. The highest BCUT2D eigenvalue weighted by Gasteiger charge is 2.03. The molecule has 0 spiro atoms. The molecule has 0 aliphatic rings. The summed E-state index contributed by atoms with van der Waals surface area (Å²) in [6.07, 6.45) is 3.94. The fourth-order valence-electron chi connectivity index (χ4n) is 4.86. The number of nitrogens with zero attached hydrogens (tertiary/aromatic N) is 2. The third-order valence-corrected chi connectivity index (χ3v) is 8.01. The quantitative estimate of drug-likeness (QED) is 0.189. The van der Waals surface area contributed by atoms with Crippen molar-refractivity contribution in [3.05, 3.63) is 168 Å². The molecular formula is C44H48N2. The fourth-order valence-corrected chi connectivity index (χ4v) is 4.86. The summed E-state index contributed by atoms with van der Waals surface area (Å²) in [5, 5.41) is 0. The zero-order chi connectivity index (χ0) is 32.9. The first-order valence-electron chi connectivity index (χ1n) is 16.4. The zero-order valence-electron chi connectivity index (χ0n) is 28.5. The summed E-state index contributed by atoms with van der Waals surface area (Å²) in [6.45, 7) is 15.3. The van der Waals surface area contributed by atoms with Gasteiger partial charge >= 0.3 is 0 Å². The molecule has 0 N–H and O–H groups in total. The van der Waals surface area contributed by atoms with Crippen molar-refractivity contribution in [1.29, 1.82) is 0 Å². The molecule has 2 heterocycles. The SMILES string of the molecule is CC(C)c1ccc(-c2ccccc2)cc1.CC(C)c1ccc(-c2ccccc2)nc1.Cc1ccc(-c2ccc(C(C)C)cn2)cc1. The minimum atomic E-state index is 0.541. The van der Waals surface area contributed by atoms with Crippen molar-refractivity contribution < 1.29 is 0 Å².